The molecule has 0 heterocycles. The number of fused-ring (bicyclic) bond motifs is 1. The van der Waals surface area contributed by atoms with Crippen molar-refractivity contribution in [1.82, 2.24) is 0 Å². The van der Waals surface area contributed by atoms with E-state index in [4.69, 9.17) is 4.74 Å². The van der Waals surface area contributed by atoms with Gasteiger partial charge in [0.05, 0.1) is 7.11 Å². The minimum atomic E-state index is -0.184. The maximum atomic E-state index is 14.3. The van der Waals surface area contributed by atoms with Crippen LogP contribution in [0.2, 0.25) is 0 Å². The minimum absolute atomic E-state index is 0.0428. The zero-order valence-electron chi connectivity index (χ0n) is 10.4. The van der Waals surface area contributed by atoms with Crippen LogP contribution in [0.3, 0.4) is 0 Å². The quantitative estimate of drug-likeness (QED) is 0.877. The minimum Gasteiger partial charge on any atom is -0.496 e. The number of methoxy groups -OCH3 is 1. The molecule has 1 aliphatic carbocycles. The van der Waals surface area contributed by atoms with Crippen molar-refractivity contribution in [3.8, 4) is 5.75 Å². The first-order chi connectivity index (χ1) is 8.19. The molecule has 2 nitrogen and oxygen atoms in total. The molecule has 17 heavy (non-hydrogen) atoms. The van der Waals surface area contributed by atoms with Crippen molar-refractivity contribution in [2.75, 3.05) is 13.7 Å². The Morgan fingerprint density at radius 3 is 2.59 bits per heavy atom. The summed E-state index contributed by atoms with van der Waals surface area (Å²) in [4.78, 5) is 0. The first-order valence-corrected chi connectivity index (χ1v) is 6.18. The molecule has 3 heteroatoms. The summed E-state index contributed by atoms with van der Waals surface area (Å²) in [5.74, 6) is 0.453. The van der Waals surface area contributed by atoms with Gasteiger partial charge in [-0.25, -0.2) is 4.39 Å². The summed E-state index contributed by atoms with van der Waals surface area (Å²) < 4.78 is 19.7. The number of benzene rings is 1. The highest BCUT2D eigenvalue weighted by atomic mass is 19.1. The molecule has 0 aromatic heterocycles. The molecule has 0 saturated heterocycles. The van der Waals surface area contributed by atoms with Gasteiger partial charge < -0.3 is 9.84 Å². The highest BCUT2D eigenvalue weighted by molar-refractivity contribution is 5.47. The molecular formula is C14H19FO2. The van der Waals surface area contributed by atoms with E-state index in [1.807, 2.05) is 6.92 Å². The normalized spacial score (nSPS) is 16.5. The van der Waals surface area contributed by atoms with Gasteiger partial charge in [-0.15, -0.1) is 0 Å². The Bertz CT molecular complexity index is 415. The second-order valence-electron chi connectivity index (χ2n) is 4.73. The van der Waals surface area contributed by atoms with Crippen molar-refractivity contribution in [3.05, 3.63) is 28.6 Å². The van der Waals surface area contributed by atoms with Gasteiger partial charge >= 0.3 is 0 Å². The van der Waals surface area contributed by atoms with Crippen molar-refractivity contribution in [3.63, 3.8) is 0 Å². The van der Waals surface area contributed by atoms with Crippen molar-refractivity contribution in [2.24, 2.45) is 0 Å². The van der Waals surface area contributed by atoms with Gasteiger partial charge in [-0.2, -0.15) is 0 Å². The standard InChI is InChI=1S/C14H19FO2/c1-9(8-16)12-7-13(17-2)10-5-3-4-6-11(10)14(12)15/h7,9,16H,3-6,8H2,1-2H3. The third kappa shape index (κ3) is 2.16. The molecule has 1 N–H and O–H groups in total. The lowest BCUT2D eigenvalue weighted by Gasteiger charge is -2.23. The van der Waals surface area contributed by atoms with Crippen LogP contribution in [0.25, 0.3) is 0 Å². The fraction of sp³-hybridized carbons (Fsp3) is 0.571. The Morgan fingerprint density at radius 1 is 1.35 bits per heavy atom. The maximum absolute atomic E-state index is 14.3. The molecule has 1 unspecified atom stereocenters. The third-order valence-corrected chi connectivity index (χ3v) is 3.59. The topological polar surface area (TPSA) is 29.5 Å². The molecule has 94 valence electrons. The zero-order valence-corrected chi connectivity index (χ0v) is 10.4. The number of hydrogen-bond donors (Lipinski definition) is 1. The molecule has 0 amide bonds. The van der Waals surface area contributed by atoms with Gasteiger partial charge in [0.2, 0.25) is 0 Å². The smallest absolute Gasteiger partial charge is 0.130 e. The molecule has 2 rings (SSSR count). The Kier molecular flexibility index (Phi) is 3.67. The van der Waals surface area contributed by atoms with E-state index in [2.05, 4.69) is 0 Å². The van der Waals surface area contributed by atoms with Gasteiger partial charge in [0.1, 0.15) is 11.6 Å². The van der Waals surface area contributed by atoms with Gasteiger partial charge in [-0.1, -0.05) is 6.92 Å². The van der Waals surface area contributed by atoms with Crippen LogP contribution in [-0.2, 0) is 12.8 Å². The molecule has 0 aliphatic heterocycles. The van der Waals surface area contributed by atoms with Crippen molar-refractivity contribution < 1.29 is 14.2 Å². The van der Waals surface area contributed by atoms with E-state index in [9.17, 15) is 9.50 Å². The van der Waals surface area contributed by atoms with Gasteiger partial charge in [0.25, 0.3) is 0 Å². The van der Waals surface area contributed by atoms with Crippen LogP contribution in [0.1, 0.15) is 42.4 Å². The van der Waals surface area contributed by atoms with E-state index < -0.39 is 0 Å². The lowest BCUT2D eigenvalue weighted by molar-refractivity contribution is 0.269. The van der Waals surface area contributed by atoms with Crippen LogP contribution in [-0.4, -0.2) is 18.8 Å². The summed E-state index contributed by atoms with van der Waals surface area (Å²) in [5.41, 5.74) is 2.39. The molecule has 0 spiro atoms. The Labute approximate surface area is 101 Å². The summed E-state index contributed by atoms with van der Waals surface area (Å²) >= 11 is 0. The largest absolute Gasteiger partial charge is 0.496 e. The van der Waals surface area contributed by atoms with Gasteiger partial charge in [-0.05, 0) is 42.9 Å². The lowest BCUT2D eigenvalue weighted by Crippen LogP contribution is -2.12. The maximum Gasteiger partial charge on any atom is 0.130 e. The Morgan fingerprint density at radius 2 is 2.00 bits per heavy atom. The molecule has 0 fully saturated rings. The van der Waals surface area contributed by atoms with E-state index in [0.717, 1.165) is 42.6 Å². The third-order valence-electron chi connectivity index (χ3n) is 3.59. The first kappa shape index (κ1) is 12.4. The number of aliphatic hydroxyl groups is 1. The Hall–Kier alpha value is -1.09. The van der Waals surface area contributed by atoms with Gasteiger partial charge in [0.15, 0.2) is 0 Å². The van der Waals surface area contributed by atoms with Crippen LogP contribution >= 0.6 is 0 Å². The highest BCUT2D eigenvalue weighted by Gasteiger charge is 2.23. The number of aliphatic hydroxyl groups excluding tert-OH is 1. The predicted octanol–water partition coefficient (Wildman–Crippen LogP) is 2.81. The predicted molar refractivity (Wildman–Crippen MR) is 65.1 cm³/mol. The summed E-state index contributed by atoms with van der Waals surface area (Å²) in [5, 5.41) is 9.17. The highest BCUT2D eigenvalue weighted by Crippen LogP contribution is 2.36. The summed E-state index contributed by atoms with van der Waals surface area (Å²) in [7, 11) is 1.62. The molecular weight excluding hydrogens is 219 g/mol. The zero-order chi connectivity index (χ0) is 12.4. The second kappa shape index (κ2) is 5.05. The SMILES string of the molecule is COc1cc(C(C)CO)c(F)c2c1CCCC2. The van der Waals surface area contributed by atoms with Crippen LogP contribution in [0, 0.1) is 5.82 Å². The molecule has 1 aliphatic rings. The van der Waals surface area contributed by atoms with Gasteiger partial charge in [-0.3, -0.25) is 0 Å². The van der Waals surface area contributed by atoms with Crippen LogP contribution in [0.4, 0.5) is 4.39 Å². The van der Waals surface area contributed by atoms with E-state index >= 15 is 0 Å². The van der Waals surface area contributed by atoms with E-state index in [1.165, 1.54) is 0 Å². The number of ether oxygens (including phenoxy) is 1. The number of halogens is 1. The van der Waals surface area contributed by atoms with Crippen molar-refractivity contribution >= 4 is 0 Å². The monoisotopic (exact) mass is 238 g/mol. The van der Waals surface area contributed by atoms with Crippen LogP contribution in [0.5, 0.6) is 5.75 Å². The first-order valence-electron chi connectivity index (χ1n) is 6.18. The fourth-order valence-corrected chi connectivity index (χ4v) is 2.52. The van der Waals surface area contributed by atoms with E-state index in [1.54, 1.807) is 13.2 Å². The second-order valence-corrected chi connectivity index (χ2v) is 4.73. The fourth-order valence-electron chi connectivity index (χ4n) is 2.52. The average Bonchev–Trinajstić information content (AvgIpc) is 2.39. The Balaban J connectivity index is 2.56. The van der Waals surface area contributed by atoms with Crippen LogP contribution < -0.4 is 4.74 Å². The number of rotatable bonds is 3. The van der Waals surface area contributed by atoms with Gasteiger partial charge in [0, 0.05) is 18.1 Å². The molecule has 0 saturated carbocycles. The van der Waals surface area contributed by atoms with E-state index in [0.29, 0.717) is 5.56 Å². The van der Waals surface area contributed by atoms with Crippen molar-refractivity contribution in [2.45, 2.75) is 38.5 Å². The summed E-state index contributed by atoms with van der Waals surface area (Å²) in [6.45, 7) is 1.78. The lowest BCUT2D eigenvalue weighted by atomic mass is 9.86. The molecule has 0 bridgehead atoms. The molecule has 0 radical (unpaired) electrons. The summed E-state index contributed by atoms with van der Waals surface area (Å²) in [6, 6.07) is 1.75. The molecule has 1 atom stereocenters. The van der Waals surface area contributed by atoms with Crippen molar-refractivity contribution in [1.29, 1.82) is 0 Å². The van der Waals surface area contributed by atoms with E-state index in [-0.39, 0.29) is 18.3 Å². The average molecular weight is 238 g/mol. The molecule has 1 aromatic carbocycles. The van der Waals surface area contributed by atoms with Crippen LogP contribution in [0.15, 0.2) is 6.07 Å². The summed E-state index contributed by atoms with van der Waals surface area (Å²) in [6.07, 6.45) is 3.80. The molecule has 1 aromatic rings. The number of hydrogen-bond acceptors (Lipinski definition) is 2.